The van der Waals surface area contributed by atoms with Gasteiger partial charge in [-0.2, -0.15) is 0 Å². The minimum absolute atomic E-state index is 0.308. The van der Waals surface area contributed by atoms with Crippen LogP contribution in [0.25, 0.3) is 0 Å². The maximum atomic E-state index is 6.23. The van der Waals surface area contributed by atoms with Gasteiger partial charge >= 0.3 is 0 Å². The standard InChI is InChI=1S/C16H32N2/c1-4-15(5-2)18(3)16(12-17)10-6-7-14(11-16)13-8-9-13/h13-15H,4-12,17H2,1-3H3. The topological polar surface area (TPSA) is 29.3 Å². The van der Waals surface area contributed by atoms with E-state index in [1.54, 1.807) is 0 Å². The van der Waals surface area contributed by atoms with E-state index in [-0.39, 0.29) is 0 Å². The van der Waals surface area contributed by atoms with E-state index in [9.17, 15) is 0 Å². The van der Waals surface area contributed by atoms with Crippen LogP contribution in [0.15, 0.2) is 0 Å². The first kappa shape index (κ1) is 14.3. The molecule has 2 saturated carbocycles. The maximum absolute atomic E-state index is 6.23. The molecule has 0 saturated heterocycles. The van der Waals surface area contributed by atoms with Crippen LogP contribution >= 0.6 is 0 Å². The van der Waals surface area contributed by atoms with Crippen molar-refractivity contribution in [2.75, 3.05) is 13.6 Å². The Hall–Kier alpha value is -0.0800. The van der Waals surface area contributed by atoms with Gasteiger partial charge in [0.1, 0.15) is 0 Å². The number of hydrogen-bond acceptors (Lipinski definition) is 2. The lowest BCUT2D eigenvalue weighted by Gasteiger charge is -2.50. The molecule has 0 heterocycles. The normalized spacial score (nSPS) is 33.3. The Morgan fingerprint density at radius 1 is 1.17 bits per heavy atom. The quantitative estimate of drug-likeness (QED) is 0.785. The van der Waals surface area contributed by atoms with Crippen LogP contribution in [-0.4, -0.2) is 30.1 Å². The molecule has 0 amide bonds. The Morgan fingerprint density at radius 3 is 2.33 bits per heavy atom. The lowest BCUT2D eigenvalue weighted by molar-refractivity contribution is 0.0169. The second kappa shape index (κ2) is 5.92. The van der Waals surface area contributed by atoms with Gasteiger partial charge in [-0.05, 0) is 57.4 Å². The zero-order valence-corrected chi connectivity index (χ0v) is 12.6. The number of rotatable bonds is 6. The Labute approximate surface area is 113 Å². The van der Waals surface area contributed by atoms with Gasteiger partial charge in [-0.25, -0.2) is 0 Å². The predicted molar refractivity (Wildman–Crippen MR) is 78.6 cm³/mol. The highest BCUT2D eigenvalue weighted by molar-refractivity contribution is 5.00. The average molecular weight is 252 g/mol. The van der Waals surface area contributed by atoms with E-state index in [4.69, 9.17) is 5.73 Å². The summed E-state index contributed by atoms with van der Waals surface area (Å²) in [6.45, 7) is 5.48. The lowest BCUT2D eigenvalue weighted by atomic mass is 9.72. The van der Waals surface area contributed by atoms with Gasteiger partial charge in [-0.3, -0.25) is 4.90 Å². The van der Waals surface area contributed by atoms with E-state index in [1.807, 2.05) is 0 Å². The zero-order valence-electron chi connectivity index (χ0n) is 12.6. The van der Waals surface area contributed by atoms with Crippen molar-refractivity contribution in [3.05, 3.63) is 0 Å². The van der Waals surface area contributed by atoms with Gasteiger partial charge in [0, 0.05) is 18.1 Å². The van der Waals surface area contributed by atoms with Gasteiger partial charge in [0.2, 0.25) is 0 Å². The minimum Gasteiger partial charge on any atom is -0.329 e. The molecular formula is C16H32N2. The molecule has 18 heavy (non-hydrogen) atoms. The van der Waals surface area contributed by atoms with Crippen molar-refractivity contribution >= 4 is 0 Å². The molecule has 0 aromatic heterocycles. The molecule has 0 aliphatic heterocycles. The summed E-state index contributed by atoms with van der Waals surface area (Å²) in [5.41, 5.74) is 6.54. The molecule has 0 radical (unpaired) electrons. The minimum atomic E-state index is 0.308. The Balaban J connectivity index is 2.07. The van der Waals surface area contributed by atoms with E-state index in [0.717, 1.165) is 18.4 Å². The van der Waals surface area contributed by atoms with Crippen LogP contribution in [0.1, 0.15) is 65.2 Å². The highest BCUT2D eigenvalue weighted by atomic mass is 15.2. The molecule has 2 unspecified atom stereocenters. The summed E-state index contributed by atoms with van der Waals surface area (Å²) in [6.07, 6.45) is 11.0. The van der Waals surface area contributed by atoms with Gasteiger partial charge in [0.05, 0.1) is 0 Å². The average Bonchev–Trinajstić information content (AvgIpc) is 3.24. The van der Waals surface area contributed by atoms with Crippen molar-refractivity contribution in [2.45, 2.75) is 76.8 Å². The summed E-state index contributed by atoms with van der Waals surface area (Å²) < 4.78 is 0. The van der Waals surface area contributed by atoms with Crippen molar-refractivity contribution in [3.63, 3.8) is 0 Å². The van der Waals surface area contributed by atoms with E-state index in [2.05, 4.69) is 25.8 Å². The predicted octanol–water partition coefficient (Wildman–Crippen LogP) is 3.40. The fourth-order valence-electron chi connectivity index (χ4n) is 4.23. The molecule has 0 bridgehead atoms. The van der Waals surface area contributed by atoms with Crippen molar-refractivity contribution < 1.29 is 0 Å². The van der Waals surface area contributed by atoms with Crippen molar-refractivity contribution in [1.29, 1.82) is 0 Å². The van der Waals surface area contributed by atoms with Gasteiger partial charge in [-0.1, -0.05) is 26.7 Å². The Bertz CT molecular complexity index is 258. The monoisotopic (exact) mass is 252 g/mol. The molecule has 2 rings (SSSR count). The van der Waals surface area contributed by atoms with Crippen molar-refractivity contribution in [1.82, 2.24) is 4.90 Å². The van der Waals surface area contributed by atoms with Crippen LogP contribution in [0, 0.1) is 11.8 Å². The second-order valence-corrected chi connectivity index (χ2v) is 6.70. The van der Waals surface area contributed by atoms with Gasteiger partial charge in [-0.15, -0.1) is 0 Å². The third-order valence-corrected chi connectivity index (χ3v) is 5.77. The smallest absolute Gasteiger partial charge is 0.0334 e. The molecule has 2 fully saturated rings. The Kier molecular flexibility index (Phi) is 4.71. The SMILES string of the molecule is CCC(CC)N(C)C1(CN)CCCC(C2CC2)C1. The summed E-state index contributed by atoms with van der Waals surface area (Å²) in [6, 6.07) is 0.714. The van der Waals surface area contributed by atoms with Crippen LogP contribution < -0.4 is 5.73 Å². The molecule has 2 aliphatic rings. The van der Waals surface area contributed by atoms with E-state index >= 15 is 0 Å². The van der Waals surface area contributed by atoms with Gasteiger partial charge in [0.25, 0.3) is 0 Å². The molecule has 0 aromatic carbocycles. The number of likely N-dealkylation sites (N-methyl/N-ethyl adjacent to an activating group) is 1. The molecule has 2 N–H and O–H groups in total. The number of hydrogen-bond donors (Lipinski definition) is 1. The molecule has 2 heteroatoms. The molecule has 106 valence electrons. The molecule has 0 spiro atoms. The number of nitrogens with zero attached hydrogens (tertiary/aromatic N) is 1. The summed E-state index contributed by atoms with van der Waals surface area (Å²) in [4.78, 5) is 2.65. The highest BCUT2D eigenvalue weighted by Crippen LogP contribution is 2.48. The first-order valence-corrected chi connectivity index (χ1v) is 8.09. The maximum Gasteiger partial charge on any atom is 0.0334 e. The fraction of sp³-hybridized carbons (Fsp3) is 1.00. The van der Waals surface area contributed by atoms with Crippen LogP contribution in [0.3, 0.4) is 0 Å². The van der Waals surface area contributed by atoms with Gasteiger partial charge in [0.15, 0.2) is 0 Å². The van der Waals surface area contributed by atoms with E-state index in [1.165, 1.54) is 51.4 Å². The summed E-state index contributed by atoms with van der Waals surface area (Å²) >= 11 is 0. The first-order valence-electron chi connectivity index (χ1n) is 8.09. The third-order valence-electron chi connectivity index (χ3n) is 5.77. The lowest BCUT2D eigenvalue weighted by Crippen LogP contribution is -2.58. The summed E-state index contributed by atoms with van der Waals surface area (Å²) in [5, 5.41) is 0. The molecule has 2 aliphatic carbocycles. The molecule has 2 atom stereocenters. The van der Waals surface area contributed by atoms with Gasteiger partial charge < -0.3 is 5.73 Å². The van der Waals surface area contributed by atoms with Crippen molar-refractivity contribution in [2.24, 2.45) is 17.6 Å². The molecular weight excluding hydrogens is 220 g/mol. The van der Waals surface area contributed by atoms with Crippen LogP contribution in [0.2, 0.25) is 0 Å². The largest absolute Gasteiger partial charge is 0.329 e. The van der Waals surface area contributed by atoms with Crippen LogP contribution in [0.4, 0.5) is 0 Å². The second-order valence-electron chi connectivity index (χ2n) is 6.70. The highest BCUT2D eigenvalue weighted by Gasteiger charge is 2.44. The zero-order chi connectivity index (χ0) is 13.2. The molecule has 0 aromatic rings. The van der Waals surface area contributed by atoms with E-state index < -0.39 is 0 Å². The summed E-state index contributed by atoms with van der Waals surface area (Å²) in [5.74, 6) is 2.02. The molecule has 2 nitrogen and oxygen atoms in total. The fourth-order valence-corrected chi connectivity index (χ4v) is 4.23. The van der Waals surface area contributed by atoms with Crippen molar-refractivity contribution in [3.8, 4) is 0 Å². The number of nitrogens with two attached hydrogens (primary N) is 1. The third kappa shape index (κ3) is 2.75. The summed E-state index contributed by atoms with van der Waals surface area (Å²) in [7, 11) is 2.33. The first-order chi connectivity index (χ1) is 8.66. The van der Waals surface area contributed by atoms with E-state index in [0.29, 0.717) is 11.6 Å². The van der Waals surface area contributed by atoms with Crippen LogP contribution in [-0.2, 0) is 0 Å². The Morgan fingerprint density at radius 2 is 1.83 bits per heavy atom. The van der Waals surface area contributed by atoms with Crippen LogP contribution in [0.5, 0.6) is 0 Å².